The molecule has 0 amide bonds. The number of aromatic nitrogens is 12. The summed E-state index contributed by atoms with van der Waals surface area (Å²) in [7, 11) is 0. The number of fused-ring (bicyclic) bond motifs is 4. The van der Waals surface area contributed by atoms with Crippen molar-refractivity contribution >= 4 is 79.6 Å². The molecular weight excluding hydrogens is 2230 g/mol. The number of carboxylic acids is 4. The second-order valence-corrected chi connectivity index (χ2v) is 23.5. The van der Waals surface area contributed by atoms with Gasteiger partial charge in [-0.05, 0) is 141 Å². The maximum absolute atomic E-state index is 12.9. The van der Waals surface area contributed by atoms with Crippen LogP contribution in [0.2, 0.25) is 5.02 Å². The van der Waals surface area contributed by atoms with Crippen LogP contribution < -0.4 is 0 Å². The van der Waals surface area contributed by atoms with Gasteiger partial charge in [-0.25, -0.2) is 44.4 Å². The van der Waals surface area contributed by atoms with E-state index < -0.39 is 35.6 Å². The third-order valence-corrected chi connectivity index (χ3v) is 15.4. The van der Waals surface area contributed by atoms with Crippen LogP contribution in [0, 0.1) is 69.1 Å². The van der Waals surface area contributed by atoms with Crippen LogP contribution in [0.1, 0.15) is 75.9 Å². The van der Waals surface area contributed by atoms with Crippen LogP contribution >= 0.6 is 11.6 Å². The number of hydrogen-bond acceptors (Lipinski definition) is 17. The van der Waals surface area contributed by atoms with Gasteiger partial charge in [-0.2, -0.15) is 13.2 Å². The Morgan fingerprint density at radius 2 is 0.612 bits per heavy atom. The number of hydrogen-bond donors (Lipinski definition) is 4. The Morgan fingerprint density at radius 3 is 0.819 bits per heavy atom. The zero-order chi connectivity index (χ0) is 80.1. The molecule has 0 saturated carbocycles. The Bertz CT molecular complexity index is 5620. The van der Waals surface area contributed by atoms with E-state index in [1.807, 2.05) is 136 Å². The fourth-order valence-electron chi connectivity index (χ4n) is 9.83. The largest absolute Gasteiger partial charge is 0.477 e. The Balaban J connectivity index is 0.000000241. The number of benzene rings is 8. The first-order valence-electron chi connectivity index (χ1n) is 33.3. The molecule has 0 bridgehead atoms. The molecule has 0 aliphatic rings. The predicted octanol–water partition coefficient (Wildman–Crippen LogP) is 18.4. The maximum atomic E-state index is 12.9. The van der Waals surface area contributed by atoms with Crippen LogP contribution in [0.4, 0.5) is 17.6 Å². The molecule has 0 aliphatic heterocycles. The molecule has 16 aromatic rings. The van der Waals surface area contributed by atoms with Gasteiger partial charge in [0, 0.05) is 166 Å². The van der Waals surface area contributed by atoms with Crippen LogP contribution in [-0.2, 0) is 89.5 Å². The molecule has 0 aliphatic carbocycles. The molecule has 4 N–H and O–H groups in total. The molecular formula is C86H60ClF4IrN13O8Pt3-4. The molecule has 1 radical (unpaired) electrons. The molecule has 8 aromatic heterocycles. The quantitative estimate of drug-likeness (QED) is 0.0811. The van der Waals surface area contributed by atoms with Crippen molar-refractivity contribution in [2.45, 2.75) is 33.9 Å². The second kappa shape index (κ2) is 46.9. The van der Waals surface area contributed by atoms with Gasteiger partial charge in [0.15, 0.2) is 0 Å². The molecule has 116 heavy (non-hydrogen) atoms. The molecule has 21 nitrogen and oxygen atoms in total. The van der Waals surface area contributed by atoms with E-state index in [0.29, 0.717) is 33.1 Å². The molecule has 0 saturated heterocycles. The van der Waals surface area contributed by atoms with E-state index >= 15 is 0 Å². The summed E-state index contributed by atoms with van der Waals surface area (Å²) in [6.45, 7) is 7.56. The summed E-state index contributed by atoms with van der Waals surface area (Å²) < 4.78 is 50.6. The fourth-order valence-corrected chi connectivity index (χ4v) is 9.94. The topological polar surface area (TPSA) is 328 Å². The van der Waals surface area contributed by atoms with Crippen molar-refractivity contribution in [2.75, 3.05) is 0 Å². The van der Waals surface area contributed by atoms with Gasteiger partial charge in [0.05, 0.1) is 44.1 Å². The number of nitriles is 1. The van der Waals surface area contributed by atoms with Crippen LogP contribution in [-0.4, -0.2) is 104 Å². The number of pyridine rings is 4. The minimum absolute atomic E-state index is 0. The zero-order valence-electron chi connectivity index (χ0n) is 60.8. The normalized spacial score (nSPS) is 9.93. The van der Waals surface area contributed by atoms with Gasteiger partial charge in [0.2, 0.25) is 0 Å². The smallest absolute Gasteiger partial charge is 0.381 e. The molecule has 0 unspecified atom stereocenters. The predicted molar refractivity (Wildman–Crippen MR) is 414 cm³/mol. The van der Waals surface area contributed by atoms with E-state index in [1.54, 1.807) is 79.7 Å². The number of nitrogens with zero attached hydrogens (tertiary/aromatic N) is 13. The summed E-state index contributed by atoms with van der Waals surface area (Å²) in [4.78, 5) is 91.2. The first kappa shape index (κ1) is 94.4. The monoisotopic (exact) mass is 2290 g/mol. The van der Waals surface area contributed by atoms with Crippen molar-refractivity contribution in [3.05, 3.63) is 359 Å². The van der Waals surface area contributed by atoms with Crippen LogP contribution in [0.5, 0.6) is 0 Å². The number of para-hydroxylation sites is 8. The Kier molecular flexibility index (Phi) is 38.1. The number of rotatable bonds is 8. The van der Waals surface area contributed by atoms with Gasteiger partial charge in [-0.1, -0.05) is 72.8 Å². The fraction of sp³-hybridized carbons (Fsp3) is 0.0581. The van der Waals surface area contributed by atoms with E-state index in [1.165, 1.54) is 67.3 Å². The first-order chi connectivity index (χ1) is 53.9. The summed E-state index contributed by atoms with van der Waals surface area (Å²) in [5.41, 5.74) is 16.1. The van der Waals surface area contributed by atoms with Crippen molar-refractivity contribution in [3.8, 4) is 51.1 Å². The second-order valence-electron chi connectivity index (χ2n) is 23.1. The molecule has 595 valence electrons. The first-order valence-corrected chi connectivity index (χ1v) is 33.7. The van der Waals surface area contributed by atoms with Crippen LogP contribution in [0.15, 0.2) is 267 Å². The molecule has 8 aromatic carbocycles. The summed E-state index contributed by atoms with van der Waals surface area (Å²) >= 11 is 5.87. The molecule has 0 spiro atoms. The summed E-state index contributed by atoms with van der Waals surface area (Å²) in [6.07, 6.45) is 1.43. The van der Waals surface area contributed by atoms with E-state index in [9.17, 15) is 36.7 Å². The number of aryl methyl sites for hydroxylation is 4. The number of carbonyl (C=O) groups is 4. The minimum atomic E-state index is -4.36. The summed E-state index contributed by atoms with van der Waals surface area (Å²) in [6, 6.07) is 82.0. The average Bonchev–Trinajstić information content (AvgIpc) is 0.816. The Hall–Kier alpha value is -12.2. The van der Waals surface area contributed by atoms with Gasteiger partial charge in [0.1, 0.15) is 22.8 Å². The zero-order valence-corrected chi connectivity index (χ0v) is 70.8. The summed E-state index contributed by atoms with van der Waals surface area (Å²) in [5.74, 6) is -4.26. The SMILES string of the molecule is Cc1nc2ccccc2nc1-c1[c-]cc(C#N)cc1.Cc1nc2ccccc2nc1-c1[c-]cc(C(F)(F)F)cc1.Cc1nc2ccccc2nc1-c1[c-]cc(Cl)cc1.Cc1nc2ccccc2nc1-c1[c-]cc(F)cc1.O=C(O)c1ccccn1.O=C(O)c1ccccn1.O=C(O)c1ccccn1.O=C(O)c1ccccn1.[Ir].[Pt].[Pt].[Pt]. The number of alkyl halides is 3. The van der Waals surface area contributed by atoms with E-state index in [0.717, 1.165) is 102 Å². The van der Waals surface area contributed by atoms with Gasteiger partial charge < -0.3 is 20.4 Å². The van der Waals surface area contributed by atoms with Crippen LogP contribution in [0.3, 0.4) is 0 Å². The Labute approximate surface area is 723 Å². The average molecular weight is 2290 g/mol. The van der Waals surface area contributed by atoms with Crippen molar-refractivity contribution < 1.29 is 140 Å². The van der Waals surface area contributed by atoms with E-state index in [2.05, 4.69) is 90.1 Å². The van der Waals surface area contributed by atoms with Crippen molar-refractivity contribution in [1.29, 1.82) is 5.26 Å². The third kappa shape index (κ3) is 28.1. The van der Waals surface area contributed by atoms with Crippen molar-refractivity contribution in [1.82, 2.24) is 59.8 Å². The molecule has 30 heteroatoms. The number of aromatic carboxylic acids is 4. The summed E-state index contributed by atoms with van der Waals surface area (Å²) in [5, 5.41) is 42.8. The maximum Gasteiger partial charge on any atom is 0.381 e. The van der Waals surface area contributed by atoms with Crippen LogP contribution in [0.25, 0.3) is 89.2 Å². The number of carboxylic acid groups (broad SMARTS) is 4. The van der Waals surface area contributed by atoms with Gasteiger partial charge in [-0.15, -0.1) is 131 Å². The molecule has 0 fully saturated rings. The van der Waals surface area contributed by atoms with E-state index in [4.69, 9.17) is 37.3 Å². The van der Waals surface area contributed by atoms with Gasteiger partial charge >= 0.3 is 30.1 Å². The molecule has 8 heterocycles. The standard InChI is InChI=1S/C16H10F3N2.C16H10N3.C15H10ClN2.C15H10FN2.4C6H5NO2.Ir.3Pt/c1-10-15(21-14-5-3-2-4-13(14)20-10)11-6-8-12(9-7-11)16(17,18)19;1-11-16(13-8-6-12(10-17)7-9-13)19-15-5-3-2-4-14(15)18-11;2*1-10-15(11-6-8-12(16)9-7-11)18-14-5-3-2-4-13(14)17-10;4*8-6(9)5-3-1-2-4-7-5;;;;/h2-6,8-9H,1H3;2-8H,1H3;2*2-6,8-9H,1H3;4*1-4H,(H,8,9);;;;/q4*-1;;;;;;;;. The Morgan fingerprint density at radius 1 is 0.353 bits per heavy atom. The van der Waals surface area contributed by atoms with Gasteiger partial charge in [0.25, 0.3) is 0 Å². The van der Waals surface area contributed by atoms with E-state index in [-0.39, 0.29) is 112 Å². The third-order valence-electron chi connectivity index (χ3n) is 15.2. The molecule has 16 rings (SSSR count). The van der Waals surface area contributed by atoms with Crippen molar-refractivity contribution in [2.24, 2.45) is 0 Å². The molecule has 0 atom stereocenters. The van der Waals surface area contributed by atoms with Crippen molar-refractivity contribution in [3.63, 3.8) is 0 Å². The number of halogens is 5. The minimum Gasteiger partial charge on any atom is -0.477 e. The van der Waals surface area contributed by atoms with Gasteiger partial charge in [-0.3, -0.25) is 44.3 Å².